The number of hydrogen-bond donors (Lipinski definition) is 2. The van der Waals surface area contributed by atoms with E-state index in [9.17, 15) is 0 Å². The van der Waals surface area contributed by atoms with E-state index in [1.54, 1.807) is 0 Å². The standard InChI is InChI=1S/C11H18N4O/c1-7-5-10(15-11(12)14-7)13-6-9-3-4-16-8(9)2/h5,8-9H,3-4,6H2,1-2H3,(H3,12,13,14,15). The summed E-state index contributed by atoms with van der Waals surface area (Å²) >= 11 is 0. The average molecular weight is 222 g/mol. The SMILES string of the molecule is Cc1cc(NCC2CCOC2C)nc(N)n1. The summed E-state index contributed by atoms with van der Waals surface area (Å²) in [4.78, 5) is 8.17. The van der Waals surface area contributed by atoms with Crippen LogP contribution in [0.25, 0.3) is 0 Å². The van der Waals surface area contributed by atoms with Crippen molar-refractivity contribution < 1.29 is 4.74 Å². The Labute approximate surface area is 95.4 Å². The molecule has 16 heavy (non-hydrogen) atoms. The largest absolute Gasteiger partial charge is 0.378 e. The quantitative estimate of drug-likeness (QED) is 0.804. The summed E-state index contributed by atoms with van der Waals surface area (Å²) in [7, 11) is 0. The Hall–Kier alpha value is -1.36. The van der Waals surface area contributed by atoms with E-state index in [4.69, 9.17) is 10.5 Å². The molecule has 88 valence electrons. The third kappa shape index (κ3) is 2.61. The molecule has 0 aromatic carbocycles. The number of aromatic nitrogens is 2. The van der Waals surface area contributed by atoms with Crippen molar-refractivity contribution >= 4 is 11.8 Å². The van der Waals surface area contributed by atoms with Crippen LogP contribution in [0, 0.1) is 12.8 Å². The number of nitrogens with two attached hydrogens (primary N) is 1. The summed E-state index contributed by atoms with van der Waals surface area (Å²) < 4.78 is 5.50. The van der Waals surface area contributed by atoms with Crippen LogP contribution in [0.15, 0.2) is 6.07 Å². The Balaban J connectivity index is 1.94. The highest BCUT2D eigenvalue weighted by Crippen LogP contribution is 2.20. The van der Waals surface area contributed by atoms with E-state index in [2.05, 4.69) is 22.2 Å². The predicted octanol–water partition coefficient (Wildman–Crippen LogP) is 1.20. The Morgan fingerprint density at radius 3 is 3.00 bits per heavy atom. The van der Waals surface area contributed by atoms with Gasteiger partial charge in [0.2, 0.25) is 5.95 Å². The van der Waals surface area contributed by atoms with Crippen LogP contribution in [-0.2, 0) is 4.74 Å². The Bertz CT molecular complexity index is 349. The maximum absolute atomic E-state index is 5.58. The van der Waals surface area contributed by atoms with Crippen molar-refractivity contribution in [2.24, 2.45) is 5.92 Å². The molecule has 5 heteroatoms. The minimum atomic E-state index is 0.318. The smallest absolute Gasteiger partial charge is 0.222 e. The number of hydrogen-bond acceptors (Lipinski definition) is 5. The zero-order valence-corrected chi connectivity index (χ0v) is 9.73. The van der Waals surface area contributed by atoms with Gasteiger partial charge in [0.1, 0.15) is 5.82 Å². The molecule has 2 heterocycles. The number of ether oxygens (including phenoxy) is 1. The fourth-order valence-electron chi connectivity index (χ4n) is 1.96. The van der Waals surface area contributed by atoms with Crippen LogP contribution in [-0.4, -0.2) is 29.2 Å². The summed E-state index contributed by atoms with van der Waals surface area (Å²) in [6.45, 7) is 5.75. The number of rotatable bonds is 3. The minimum absolute atomic E-state index is 0.318. The first kappa shape index (κ1) is 11.1. The number of aryl methyl sites for hydroxylation is 1. The second-order valence-electron chi connectivity index (χ2n) is 4.26. The first-order valence-corrected chi connectivity index (χ1v) is 5.62. The topological polar surface area (TPSA) is 73.1 Å². The molecule has 2 rings (SSSR count). The highest BCUT2D eigenvalue weighted by molar-refractivity contribution is 5.40. The van der Waals surface area contributed by atoms with E-state index >= 15 is 0 Å². The van der Waals surface area contributed by atoms with Crippen LogP contribution in [0.1, 0.15) is 19.0 Å². The molecule has 2 atom stereocenters. The molecule has 1 fully saturated rings. The number of anilines is 2. The van der Waals surface area contributed by atoms with Crippen molar-refractivity contribution in [2.45, 2.75) is 26.4 Å². The van der Waals surface area contributed by atoms with Crippen LogP contribution in [0.5, 0.6) is 0 Å². The Kier molecular flexibility index (Phi) is 3.24. The van der Waals surface area contributed by atoms with Crippen molar-refractivity contribution in [2.75, 3.05) is 24.2 Å². The zero-order chi connectivity index (χ0) is 11.5. The first-order chi connectivity index (χ1) is 7.65. The first-order valence-electron chi connectivity index (χ1n) is 5.62. The van der Waals surface area contributed by atoms with Crippen molar-refractivity contribution in [1.29, 1.82) is 0 Å². The highest BCUT2D eigenvalue weighted by atomic mass is 16.5. The molecule has 0 radical (unpaired) electrons. The molecule has 1 aliphatic heterocycles. The van der Waals surface area contributed by atoms with Crippen LogP contribution >= 0.6 is 0 Å². The molecule has 0 spiro atoms. The third-order valence-electron chi connectivity index (χ3n) is 2.95. The van der Waals surface area contributed by atoms with E-state index < -0.39 is 0 Å². The van der Waals surface area contributed by atoms with Gasteiger partial charge < -0.3 is 15.8 Å². The van der Waals surface area contributed by atoms with Gasteiger partial charge in [-0.2, -0.15) is 4.98 Å². The lowest BCUT2D eigenvalue weighted by atomic mass is 10.0. The molecule has 2 unspecified atom stereocenters. The lowest BCUT2D eigenvalue weighted by Crippen LogP contribution is -2.21. The summed E-state index contributed by atoms with van der Waals surface area (Å²) in [5, 5.41) is 3.29. The second-order valence-corrected chi connectivity index (χ2v) is 4.26. The molecule has 5 nitrogen and oxygen atoms in total. The zero-order valence-electron chi connectivity index (χ0n) is 9.73. The molecule has 1 aromatic heterocycles. The third-order valence-corrected chi connectivity index (χ3v) is 2.95. The normalized spacial score (nSPS) is 24.6. The van der Waals surface area contributed by atoms with E-state index in [1.165, 1.54) is 0 Å². The van der Waals surface area contributed by atoms with Gasteiger partial charge >= 0.3 is 0 Å². The monoisotopic (exact) mass is 222 g/mol. The van der Waals surface area contributed by atoms with E-state index in [1.807, 2.05) is 13.0 Å². The molecule has 1 saturated heterocycles. The van der Waals surface area contributed by atoms with Gasteiger partial charge in [-0.05, 0) is 20.3 Å². The molecule has 0 bridgehead atoms. The average Bonchev–Trinajstić information content (AvgIpc) is 2.59. The van der Waals surface area contributed by atoms with Crippen LogP contribution in [0.2, 0.25) is 0 Å². The summed E-state index contributed by atoms with van der Waals surface area (Å²) in [5.41, 5.74) is 6.46. The van der Waals surface area contributed by atoms with E-state index in [0.717, 1.165) is 31.1 Å². The van der Waals surface area contributed by atoms with E-state index in [-0.39, 0.29) is 0 Å². The molecule has 1 aliphatic rings. The molecular weight excluding hydrogens is 204 g/mol. The maximum atomic E-state index is 5.58. The van der Waals surface area contributed by atoms with Crippen LogP contribution in [0.4, 0.5) is 11.8 Å². The molecule has 0 amide bonds. The number of nitrogen functional groups attached to an aromatic ring is 1. The van der Waals surface area contributed by atoms with Crippen molar-refractivity contribution in [1.82, 2.24) is 9.97 Å². The van der Waals surface area contributed by atoms with Gasteiger partial charge in [0.25, 0.3) is 0 Å². The summed E-state index contributed by atoms with van der Waals surface area (Å²) in [6, 6.07) is 1.90. The van der Waals surface area contributed by atoms with Crippen LogP contribution in [0.3, 0.4) is 0 Å². The van der Waals surface area contributed by atoms with Gasteiger partial charge in [-0.1, -0.05) is 0 Å². The second kappa shape index (κ2) is 4.65. The predicted molar refractivity (Wildman–Crippen MR) is 63.2 cm³/mol. The molecule has 3 N–H and O–H groups in total. The van der Waals surface area contributed by atoms with Gasteiger partial charge in [-0.3, -0.25) is 0 Å². The van der Waals surface area contributed by atoms with Crippen molar-refractivity contribution in [3.8, 4) is 0 Å². The Morgan fingerprint density at radius 1 is 1.56 bits per heavy atom. The lowest BCUT2D eigenvalue weighted by molar-refractivity contribution is 0.108. The van der Waals surface area contributed by atoms with Crippen LogP contribution < -0.4 is 11.1 Å². The highest BCUT2D eigenvalue weighted by Gasteiger charge is 2.23. The number of nitrogens with one attached hydrogen (secondary N) is 1. The van der Waals surface area contributed by atoms with Gasteiger partial charge in [0.15, 0.2) is 0 Å². The minimum Gasteiger partial charge on any atom is -0.378 e. The molecule has 1 aromatic rings. The molecule has 0 saturated carbocycles. The summed E-state index contributed by atoms with van der Waals surface area (Å²) in [5.74, 6) is 1.67. The molecular formula is C11H18N4O. The van der Waals surface area contributed by atoms with E-state index in [0.29, 0.717) is 18.0 Å². The number of nitrogens with zero attached hydrogens (tertiary/aromatic N) is 2. The van der Waals surface area contributed by atoms with Gasteiger partial charge in [0.05, 0.1) is 6.10 Å². The maximum Gasteiger partial charge on any atom is 0.222 e. The lowest BCUT2D eigenvalue weighted by Gasteiger charge is -2.15. The summed E-state index contributed by atoms with van der Waals surface area (Å²) in [6.07, 6.45) is 1.43. The van der Waals surface area contributed by atoms with Crippen molar-refractivity contribution in [3.05, 3.63) is 11.8 Å². The fourth-order valence-corrected chi connectivity index (χ4v) is 1.96. The molecule has 0 aliphatic carbocycles. The van der Waals surface area contributed by atoms with Gasteiger partial charge in [0, 0.05) is 30.8 Å². The Morgan fingerprint density at radius 2 is 2.38 bits per heavy atom. The fraction of sp³-hybridized carbons (Fsp3) is 0.636. The van der Waals surface area contributed by atoms with Crippen molar-refractivity contribution in [3.63, 3.8) is 0 Å². The van der Waals surface area contributed by atoms with Gasteiger partial charge in [-0.25, -0.2) is 4.98 Å². The van der Waals surface area contributed by atoms with Gasteiger partial charge in [-0.15, -0.1) is 0 Å².